The fourth-order valence-electron chi connectivity index (χ4n) is 2.49. The summed E-state index contributed by atoms with van der Waals surface area (Å²) in [5, 5.41) is 12.6. The summed E-state index contributed by atoms with van der Waals surface area (Å²) in [5.41, 5.74) is 8.05. The molecule has 0 saturated heterocycles. The van der Waals surface area contributed by atoms with Gasteiger partial charge in [0.15, 0.2) is 0 Å². The molecule has 0 aromatic heterocycles. The zero-order valence-corrected chi connectivity index (χ0v) is 12.5. The Balaban J connectivity index is 1.93. The maximum Gasteiger partial charge on any atom is 0.248 e. The number of carbonyl (C=O) groups is 1. The zero-order chi connectivity index (χ0) is 15.8. The Kier molecular flexibility index (Phi) is 6.13. The molecule has 4 N–H and O–H groups in total. The van der Waals surface area contributed by atoms with Crippen LogP contribution in [0.1, 0.15) is 33.8 Å². The third-order valence-corrected chi connectivity index (χ3v) is 3.68. The molecule has 22 heavy (non-hydrogen) atoms. The molecule has 0 heterocycles. The van der Waals surface area contributed by atoms with E-state index in [0.717, 1.165) is 18.5 Å². The number of nitrogens with one attached hydrogen (secondary N) is 1. The molecule has 2 rings (SSSR count). The average Bonchev–Trinajstić information content (AvgIpc) is 2.55. The Hall–Kier alpha value is -2.17. The van der Waals surface area contributed by atoms with Crippen molar-refractivity contribution in [2.24, 2.45) is 5.73 Å². The van der Waals surface area contributed by atoms with Crippen molar-refractivity contribution >= 4 is 5.91 Å². The molecule has 0 aliphatic rings. The van der Waals surface area contributed by atoms with Crippen LogP contribution in [0, 0.1) is 0 Å². The minimum atomic E-state index is -0.413. The highest BCUT2D eigenvalue weighted by molar-refractivity contribution is 5.92. The fraction of sp³-hybridized carbons (Fsp3) is 0.278. The highest BCUT2D eigenvalue weighted by atomic mass is 16.3. The van der Waals surface area contributed by atoms with Crippen LogP contribution in [0.4, 0.5) is 0 Å². The Morgan fingerprint density at radius 1 is 1.14 bits per heavy atom. The summed E-state index contributed by atoms with van der Waals surface area (Å²) in [6.07, 6.45) is 0.721. The molecule has 0 spiro atoms. The summed E-state index contributed by atoms with van der Waals surface area (Å²) in [5.74, 6) is -0.144. The lowest BCUT2D eigenvalue weighted by molar-refractivity contribution is 0.1000. The number of aliphatic hydroxyl groups excluding tert-OH is 1. The summed E-state index contributed by atoms with van der Waals surface area (Å²) in [4.78, 5) is 11.2. The molecular formula is C18H22N2O2. The van der Waals surface area contributed by atoms with Gasteiger partial charge in [0.05, 0.1) is 0 Å². The molecule has 4 nitrogen and oxygen atoms in total. The molecule has 4 heteroatoms. The molecule has 1 atom stereocenters. The van der Waals surface area contributed by atoms with Gasteiger partial charge in [-0.1, -0.05) is 42.5 Å². The van der Waals surface area contributed by atoms with Gasteiger partial charge in [0.25, 0.3) is 0 Å². The highest BCUT2D eigenvalue weighted by Gasteiger charge is 2.10. The van der Waals surface area contributed by atoms with Gasteiger partial charge in [-0.3, -0.25) is 4.79 Å². The molecule has 0 saturated carbocycles. The first-order chi connectivity index (χ1) is 10.7. The number of rotatable bonds is 8. The second kappa shape index (κ2) is 8.32. The lowest BCUT2D eigenvalue weighted by atomic mass is 9.96. The first-order valence-electron chi connectivity index (χ1n) is 7.46. The third kappa shape index (κ3) is 4.69. The predicted octanol–water partition coefficient (Wildman–Crippen LogP) is 2.04. The summed E-state index contributed by atoms with van der Waals surface area (Å²) in [6, 6.07) is 17.5. The lowest BCUT2D eigenvalue weighted by Gasteiger charge is -2.17. The maximum absolute atomic E-state index is 11.2. The standard InChI is InChI=1S/C18H22N2O2/c19-18(22)16-8-4-5-14(11-16)12-20-13-17(9-10-21)15-6-2-1-3-7-15/h1-8,11,17,20-21H,9-10,12-13H2,(H2,19,22). The Bertz CT molecular complexity index is 599. The minimum Gasteiger partial charge on any atom is -0.396 e. The van der Waals surface area contributed by atoms with Crippen LogP contribution < -0.4 is 11.1 Å². The number of hydrogen-bond acceptors (Lipinski definition) is 3. The third-order valence-electron chi connectivity index (χ3n) is 3.68. The molecule has 0 aliphatic heterocycles. The van der Waals surface area contributed by atoms with E-state index < -0.39 is 5.91 Å². The largest absolute Gasteiger partial charge is 0.396 e. The smallest absolute Gasteiger partial charge is 0.248 e. The van der Waals surface area contributed by atoms with E-state index in [1.54, 1.807) is 12.1 Å². The van der Waals surface area contributed by atoms with E-state index in [1.165, 1.54) is 5.56 Å². The number of aliphatic hydroxyl groups is 1. The van der Waals surface area contributed by atoms with Crippen molar-refractivity contribution in [3.05, 3.63) is 71.3 Å². The second-order valence-electron chi connectivity index (χ2n) is 5.32. The number of carbonyl (C=O) groups excluding carboxylic acids is 1. The monoisotopic (exact) mass is 298 g/mol. The fourth-order valence-corrected chi connectivity index (χ4v) is 2.49. The molecule has 2 aromatic carbocycles. The molecule has 0 bridgehead atoms. The first-order valence-corrected chi connectivity index (χ1v) is 7.46. The van der Waals surface area contributed by atoms with Gasteiger partial charge < -0.3 is 16.2 Å². The van der Waals surface area contributed by atoms with Crippen LogP contribution in [-0.4, -0.2) is 24.2 Å². The van der Waals surface area contributed by atoms with Crippen LogP contribution in [0.15, 0.2) is 54.6 Å². The van der Waals surface area contributed by atoms with E-state index in [9.17, 15) is 9.90 Å². The van der Waals surface area contributed by atoms with E-state index in [-0.39, 0.29) is 12.5 Å². The summed E-state index contributed by atoms with van der Waals surface area (Å²) in [6.45, 7) is 1.60. The normalized spacial score (nSPS) is 12.0. The van der Waals surface area contributed by atoms with Gasteiger partial charge in [-0.05, 0) is 35.6 Å². The van der Waals surface area contributed by atoms with Crippen molar-refractivity contribution in [3.8, 4) is 0 Å². The van der Waals surface area contributed by atoms with E-state index in [1.807, 2.05) is 30.3 Å². The van der Waals surface area contributed by atoms with Crippen molar-refractivity contribution < 1.29 is 9.90 Å². The number of hydrogen-bond donors (Lipinski definition) is 3. The van der Waals surface area contributed by atoms with Crippen LogP contribution in [0.25, 0.3) is 0 Å². The van der Waals surface area contributed by atoms with E-state index in [2.05, 4.69) is 17.4 Å². The molecule has 0 aliphatic carbocycles. The molecule has 1 unspecified atom stereocenters. The second-order valence-corrected chi connectivity index (χ2v) is 5.32. The average molecular weight is 298 g/mol. The summed E-state index contributed by atoms with van der Waals surface area (Å²) < 4.78 is 0. The van der Waals surface area contributed by atoms with Crippen LogP contribution in [0.5, 0.6) is 0 Å². The Labute approximate surface area is 131 Å². The van der Waals surface area contributed by atoms with Gasteiger partial charge in [-0.2, -0.15) is 0 Å². The lowest BCUT2D eigenvalue weighted by Crippen LogP contribution is -2.22. The van der Waals surface area contributed by atoms with Gasteiger partial charge >= 0.3 is 0 Å². The summed E-state index contributed by atoms with van der Waals surface area (Å²) in [7, 11) is 0. The number of benzene rings is 2. The Morgan fingerprint density at radius 2 is 1.91 bits per heavy atom. The van der Waals surface area contributed by atoms with Crippen LogP contribution in [0.2, 0.25) is 0 Å². The maximum atomic E-state index is 11.2. The minimum absolute atomic E-state index is 0.165. The first kappa shape index (κ1) is 16.2. The summed E-state index contributed by atoms with van der Waals surface area (Å²) >= 11 is 0. The number of primary amides is 1. The molecule has 0 fully saturated rings. The van der Waals surface area contributed by atoms with E-state index >= 15 is 0 Å². The van der Waals surface area contributed by atoms with Crippen molar-refractivity contribution in [2.45, 2.75) is 18.9 Å². The van der Waals surface area contributed by atoms with Gasteiger partial charge in [-0.25, -0.2) is 0 Å². The van der Waals surface area contributed by atoms with Crippen LogP contribution >= 0.6 is 0 Å². The van der Waals surface area contributed by atoms with Crippen molar-refractivity contribution in [1.82, 2.24) is 5.32 Å². The van der Waals surface area contributed by atoms with Crippen molar-refractivity contribution in [2.75, 3.05) is 13.2 Å². The number of amides is 1. The molecule has 1 amide bonds. The number of nitrogens with two attached hydrogens (primary N) is 1. The van der Waals surface area contributed by atoms with Crippen LogP contribution in [0.3, 0.4) is 0 Å². The SMILES string of the molecule is NC(=O)c1cccc(CNCC(CCO)c2ccccc2)c1. The van der Waals surface area contributed by atoms with Gasteiger partial charge in [0.1, 0.15) is 0 Å². The van der Waals surface area contributed by atoms with Crippen LogP contribution in [-0.2, 0) is 6.54 Å². The van der Waals surface area contributed by atoms with Gasteiger partial charge in [-0.15, -0.1) is 0 Å². The zero-order valence-electron chi connectivity index (χ0n) is 12.5. The van der Waals surface area contributed by atoms with Crippen molar-refractivity contribution in [3.63, 3.8) is 0 Å². The highest BCUT2D eigenvalue weighted by Crippen LogP contribution is 2.18. The topological polar surface area (TPSA) is 75.4 Å². The molecular weight excluding hydrogens is 276 g/mol. The van der Waals surface area contributed by atoms with E-state index in [4.69, 9.17) is 5.73 Å². The molecule has 0 radical (unpaired) electrons. The van der Waals surface area contributed by atoms with Crippen molar-refractivity contribution in [1.29, 1.82) is 0 Å². The van der Waals surface area contributed by atoms with E-state index in [0.29, 0.717) is 12.1 Å². The quantitative estimate of drug-likeness (QED) is 0.698. The van der Waals surface area contributed by atoms with Gasteiger partial charge in [0.2, 0.25) is 5.91 Å². The molecule has 2 aromatic rings. The predicted molar refractivity (Wildman–Crippen MR) is 87.6 cm³/mol. The van der Waals surface area contributed by atoms with Gasteiger partial charge in [0, 0.05) is 25.3 Å². The molecule has 116 valence electrons. The Morgan fingerprint density at radius 3 is 2.59 bits per heavy atom.